The smallest absolute Gasteiger partial charge is 0.408 e. The van der Waals surface area contributed by atoms with Crippen LogP contribution in [0.25, 0.3) is 33.3 Å². The molecule has 1 amide bonds. The molecule has 1 atom stereocenters. The first-order valence-electron chi connectivity index (χ1n) is 14.1. The van der Waals surface area contributed by atoms with Gasteiger partial charge in [-0.2, -0.15) is 0 Å². The van der Waals surface area contributed by atoms with Crippen molar-refractivity contribution < 1.29 is 23.5 Å². The molecule has 41 heavy (non-hydrogen) atoms. The summed E-state index contributed by atoms with van der Waals surface area (Å²) >= 11 is 0. The van der Waals surface area contributed by atoms with Crippen LogP contribution in [0.5, 0.6) is 0 Å². The molecule has 2 aromatic carbocycles. The lowest BCUT2D eigenvalue weighted by Crippen LogP contribution is -2.47. The third kappa shape index (κ3) is 7.34. The number of carbonyl (C=O) groups is 2. The lowest BCUT2D eigenvalue weighted by molar-refractivity contribution is -0.147. The van der Waals surface area contributed by atoms with E-state index in [1.807, 2.05) is 56.3 Å². The van der Waals surface area contributed by atoms with E-state index in [9.17, 15) is 9.59 Å². The van der Waals surface area contributed by atoms with Crippen molar-refractivity contribution in [3.8, 4) is 11.5 Å². The molecule has 9 heteroatoms. The lowest BCUT2D eigenvalue weighted by Gasteiger charge is -2.24. The molecule has 2 aromatic rings. The summed E-state index contributed by atoms with van der Waals surface area (Å²) in [6.45, 7) is 14.5. The molecule has 9 nitrogen and oxygen atoms in total. The van der Waals surface area contributed by atoms with E-state index in [0.717, 1.165) is 45.1 Å². The van der Waals surface area contributed by atoms with Crippen LogP contribution in [0.3, 0.4) is 0 Å². The van der Waals surface area contributed by atoms with Crippen molar-refractivity contribution in [2.24, 2.45) is 10.9 Å². The van der Waals surface area contributed by atoms with Crippen molar-refractivity contribution in [2.45, 2.75) is 66.5 Å². The van der Waals surface area contributed by atoms with Gasteiger partial charge < -0.3 is 24.5 Å². The molecular weight excluding hydrogens is 520 g/mol. The highest BCUT2D eigenvalue weighted by atomic mass is 16.6. The van der Waals surface area contributed by atoms with E-state index in [4.69, 9.17) is 23.9 Å². The number of fused-ring (bicyclic) bond motifs is 4. The maximum atomic E-state index is 12.7. The normalized spacial score (nSPS) is 13.1. The molecule has 4 rings (SSSR count). The maximum absolute atomic E-state index is 12.7. The predicted molar refractivity (Wildman–Crippen MR) is 161 cm³/mol. The summed E-state index contributed by atoms with van der Waals surface area (Å²) in [6, 6.07) is 13.1. The second-order valence-corrected chi connectivity index (χ2v) is 11.4. The summed E-state index contributed by atoms with van der Waals surface area (Å²) < 4.78 is 17.1. The zero-order valence-electron chi connectivity index (χ0n) is 25.0. The zero-order chi connectivity index (χ0) is 29.7. The van der Waals surface area contributed by atoms with Crippen LogP contribution >= 0.6 is 0 Å². The van der Waals surface area contributed by atoms with Crippen LogP contribution in [0.1, 0.15) is 53.5 Å². The van der Waals surface area contributed by atoms with Crippen LogP contribution < -0.4 is 16.0 Å². The van der Waals surface area contributed by atoms with E-state index in [-0.39, 0.29) is 12.5 Å². The number of esters is 1. The molecule has 0 radical (unpaired) electrons. The topological polar surface area (TPSA) is 115 Å². The number of alkyl carbamates (subject to hydrolysis) is 1. The largest absolute Gasteiger partial charge is 0.464 e. The number of ether oxygens (including phenoxy) is 2. The fraction of sp³-hybridized carbons (Fsp3) is 0.438. The van der Waals surface area contributed by atoms with Gasteiger partial charge in [0, 0.05) is 48.1 Å². The van der Waals surface area contributed by atoms with Crippen LogP contribution in [0, 0.1) is 12.8 Å². The van der Waals surface area contributed by atoms with Gasteiger partial charge in [0.25, 0.3) is 0 Å². The van der Waals surface area contributed by atoms with Crippen molar-refractivity contribution in [3.63, 3.8) is 0 Å². The first-order chi connectivity index (χ1) is 19.5. The molecular formula is C32H40N4O5. The Bertz CT molecular complexity index is 1590. The molecule has 0 bridgehead atoms. The third-order valence-corrected chi connectivity index (χ3v) is 6.51. The molecule has 1 unspecified atom stereocenters. The molecule has 1 aliphatic heterocycles. The van der Waals surface area contributed by atoms with Gasteiger partial charge in [-0.3, -0.25) is 4.99 Å². The Kier molecular flexibility index (Phi) is 9.15. The number of aromatic nitrogens is 1. The number of hydrogen-bond donors (Lipinski definition) is 2. The van der Waals surface area contributed by atoms with Crippen LogP contribution in [0.4, 0.5) is 10.5 Å². The standard InChI is InChI=1S/C32H40N4O5/c1-8-33-23-17-26-25(16-20(23)4)35-29-22-13-10-9-12-21(22)24(18-27(29)40-26)34-14-11-15-39-30(37)28(19(2)3)36-31(38)41-32(5,6)7/h9-10,12-13,16-19,28,33H,8,11,14-15H2,1-7H3,(H,36,38). The van der Waals surface area contributed by atoms with Gasteiger partial charge in [-0.1, -0.05) is 38.1 Å². The third-order valence-electron chi connectivity index (χ3n) is 6.51. The van der Waals surface area contributed by atoms with Gasteiger partial charge >= 0.3 is 12.1 Å². The first-order valence-corrected chi connectivity index (χ1v) is 14.1. The second-order valence-electron chi connectivity index (χ2n) is 11.4. The van der Waals surface area contributed by atoms with E-state index in [0.29, 0.717) is 24.3 Å². The quantitative estimate of drug-likeness (QED) is 0.108. The number of rotatable bonds is 9. The fourth-order valence-corrected chi connectivity index (χ4v) is 4.56. The van der Waals surface area contributed by atoms with Crippen LogP contribution in [-0.2, 0) is 14.3 Å². The van der Waals surface area contributed by atoms with Gasteiger partial charge in [-0.15, -0.1) is 0 Å². The SMILES string of the molecule is CCNc1cc2oc3cc(=NCCCOC(=O)C(NC(=O)OC(C)(C)C)C(C)C)c4ccccc4c-3nc2cc1C. The van der Waals surface area contributed by atoms with Gasteiger partial charge in [-0.25, -0.2) is 14.6 Å². The number of benzene rings is 3. The molecule has 2 aliphatic rings. The minimum Gasteiger partial charge on any atom is -0.464 e. The van der Waals surface area contributed by atoms with E-state index < -0.39 is 23.7 Å². The number of nitrogens with zero attached hydrogens (tertiary/aromatic N) is 2. The zero-order valence-corrected chi connectivity index (χ0v) is 25.0. The predicted octanol–water partition coefficient (Wildman–Crippen LogP) is 6.21. The van der Waals surface area contributed by atoms with Gasteiger partial charge in [0.1, 0.15) is 22.9 Å². The number of aryl methyl sites for hydroxylation is 1. The van der Waals surface area contributed by atoms with Crippen molar-refractivity contribution in [2.75, 3.05) is 25.0 Å². The number of carbonyl (C=O) groups excluding carboxylic acids is 2. The highest BCUT2D eigenvalue weighted by Crippen LogP contribution is 2.32. The number of nitrogens with one attached hydrogen (secondary N) is 2. The second kappa shape index (κ2) is 12.6. The fourth-order valence-electron chi connectivity index (χ4n) is 4.56. The van der Waals surface area contributed by atoms with Gasteiger partial charge in [0.05, 0.1) is 12.0 Å². The average molecular weight is 561 g/mol. The Morgan fingerprint density at radius 3 is 2.51 bits per heavy atom. The van der Waals surface area contributed by atoms with Gasteiger partial charge in [0.2, 0.25) is 0 Å². The van der Waals surface area contributed by atoms with E-state index in [2.05, 4.69) is 24.5 Å². The van der Waals surface area contributed by atoms with Crippen LogP contribution in [0.2, 0.25) is 0 Å². The van der Waals surface area contributed by atoms with Crippen LogP contribution in [-0.4, -0.2) is 48.4 Å². The van der Waals surface area contributed by atoms with Gasteiger partial charge in [0.15, 0.2) is 11.3 Å². The minimum atomic E-state index is -0.799. The summed E-state index contributed by atoms with van der Waals surface area (Å²) in [5, 5.41) is 8.71. The maximum Gasteiger partial charge on any atom is 0.408 e. The minimum absolute atomic E-state index is 0.158. The Balaban J connectivity index is 1.51. The molecule has 0 aromatic heterocycles. The van der Waals surface area contributed by atoms with Crippen LogP contribution in [0.15, 0.2) is 51.9 Å². The van der Waals surface area contributed by atoms with E-state index in [1.165, 1.54) is 0 Å². The number of amides is 1. The summed E-state index contributed by atoms with van der Waals surface area (Å²) in [6.07, 6.45) is -0.125. The van der Waals surface area contributed by atoms with E-state index in [1.54, 1.807) is 20.8 Å². The molecule has 1 aliphatic carbocycles. The summed E-state index contributed by atoms with van der Waals surface area (Å²) in [5.41, 5.74) is 3.76. The van der Waals surface area contributed by atoms with Crippen molar-refractivity contribution in [1.82, 2.24) is 10.3 Å². The number of hydrogen-bond acceptors (Lipinski definition) is 8. The Morgan fingerprint density at radius 2 is 1.83 bits per heavy atom. The van der Waals surface area contributed by atoms with Crippen molar-refractivity contribution in [1.29, 1.82) is 0 Å². The van der Waals surface area contributed by atoms with Gasteiger partial charge in [-0.05, 0) is 52.2 Å². The summed E-state index contributed by atoms with van der Waals surface area (Å²) in [7, 11) is 0. The lowest BCUT2D eigenvalue weighted by atomic mass is 10.0. The highest BCUT2D eigenvalue weighted by molar-refractivity contribution is 5.96. The van der Waals surface area contributed by atoms with Crippen molar-refractivity contribution >= 4 is 39.6 Å². The monoisotopic (exact) mass is 560 g/mol. The Labute approximate surface area is 240 Å². The molecule has 218 valence electrons. The first kappa shape index (κ1) is 29.8. The van der Waals surface area contributed by atoms with Crippen molar-refractivity contribution in [3.05, 3.63) is 53.4 Å². The molecule has 0 saturated heterocycles. The Morgan fingerprint density at radius 1 is 1.10 bits per heavy atom. The van der Waals surface area contributed by atoms with E-state index >= 15 is 0 Å². The molecule has 1 heterocycles. The molecule has 0 fully saturated rings. The molecule has 2 N–H and O–H groups in total. The summed E-state index contributed by atoms with van der Waals surface area (Å²) in [5.74, 6) is 0.00136. The highest BCUT2D eigenvalue weighted by Gasteiger charge is 2.28. The Hall–Kier alpha value is -4.14. The number of anilines is 1. The molecule has 0 saturated carbocycles. The summed E-state index contributed by atoms with van der Waals surface area (Å²) in [4.78, 5) is 34.6. The molecule has 0 spiro atoms. The average Bonchev–Trinajstić information content (AvgIpc) is 2.90.